The number of rotatable bonds is 8. The Balaban J connectivity index is 0.00000450. The molecular weight excluding hydrogens is 491 g/mol. The minimum absolute atomic E-state index is 0. The van der Waals surface area contributed by atoms with Gasteiger partial charge in [-0.25, -0.2) is 0 Å². The Labute approximate surface area is 197 Å². The van der Waals surface area contributed by atoms with Crippen molar-refractivity contribution < 1.29 is 4.79 Å². The maximum atomic E-state index is 11.8. The Bertz CT molecular complexity index is 846. The third-order valence-electron chi connectivity index (χ3n) is 4.67. The molecule has 8 heteroatoms. The SMILES string of the molecule is CCNC(=NCCc1cccc(C(=O)NC)c1)N(C)Cc1cn(C)nc1C(C)C.I. The van der Waals surface area contributed by atoms with Crippen LogP contribution < -0.4 is 10.6 Å². The molecule has 0 aliphatic rings. The summed E-state index contributed by atoms with van der Waals surface area (Å²) in [7, 11) is 5.65. The summed E-state index contributed by atoms with van der Waals surface area (Å²) in [4.78, 5) is 18.7. The fourth-order valence-corrected chi connectivity index (χ4v) is 3.27. The Morgan fingerprint density at radius 3 is 2.70 bits per heavy atom. The minimum atomic E-state index is -0.0687. The van der Waals surface area contributed by atoms with Crippen LogP contribution in [0.4, 0.5) is 0 Å². The number of guanidine groups is 1. The first-order valence-electron chi connectivity index (χ1n) is 10.2. The lowest BCUT2D eigenvalue weighted by Gasteiger charge is -2.22. The maximum Gasteiger partial charge on any atom is 0.251 e. The first-order chi connectivity index (χ1) is 13.8. The molecule has 0 spiro atoms. The zero-order valence-electron chi connectivity index (χ0n) is 18.9. The van der Waals surface area contributed by atoms with Crippen LogP contribution >= 0.6 is 24.0 Å². The first kappa shape index (κ1) is 25.9. The van der Waals surface area contributed by atoms with Crippen molar-refractivity contribution in [2.24, 2.45) is 12.0 Å². The fourth-order valence-electron chi connectivity index (χ4n) is 3.27. The third kappa shape index (κ3) is 7.30. The number of aromatic nitrogens is 2. The number of nitrogens with one attached hydrogen (secondary N) is 2. The van der Waals surface area contributed by atoms with E-state index in [1.165, 1.54) is 5.56 Å². The van der Waals surface area contributed by atoms with Gasteiger partial charge >= 0.3 is 0 Å². The van der Waals surface area contributed by atoms with Gasteiger partial charge in [0.05, 0.1) is 5.69 Å². The van der Waals surface area contributed by atoms with Gasteiger partial charge in [0.2, 0.25) is 0 Å². The minimum Gasteiger partial charge on any atom is -0.357 e. The molecule has 1 heterocycles. The largest absolute Gasteiger partial charge is 0.357 e. The fraction of sp³-hybridized carbons (Fsp3) is 0.500. The average Bonchev–Trinajstić information content (AvgIpc) is 3.07. The quantitative estimate of drug-likeness (QED) is 0.315. The van der Waals surface area contributed by atoms with Crippen LogP contribution in [0.15, 0.2) is 35.5 Å². The van der Waals surface area contributed by atoms with Crippen molar-refractivity contribution in [3.63, 3.8) is 0 Å². The Morgan fingerprint density at radius 2 is 2.07 bits per heavy atom. The molecule has 0 unspecified atom stereocenters. The number of aliphatic imine (C=N–C) groups is 1. The number of hydrogen-bond acceptors (Lipinski definition) is 3. The summed E-state index contributed by atoms with van der Waals surface area (Å²) in [6, 6.07) is 7.69. The second-order valence-electron chi connectivity index (χ2n) is 7.49. The number of hydrogen-bond donors (Lipinski definition) is 2. The second-order valence-corrected chi connectivity index (χ2v) is 7.49. The highest BCUT2D eigenvalue weighted by molar-refractivity contribution is 14.0. The number of halogens is 1. The van der Waals surface area contributed by atoms with Crippen molar-refractivity contribution in [1.29, 1.82) is 0 Å². The van der Waals surface area contributed by atoms with E-state index in [1.807, 2.05) is 43.0 Å². The lowest BCUT2D eigenvalue weighted by molar-refractivity contribution is 0.0963. The number of carbonyl (C=O) groups is 1. The van der Waals surface area contributed by atoms with E-state index < -0.39 is 0 Å². The highest BCUT2D eigenvalue weighted by Gasteiger charge is 2.15. The van der Waals surface area contributed by atoms with E-state index in [9.17, 15) is 4.79 Å². The van der Waals surface area contributed by atoms with Crippen LogP contribution in [0.5, 0.6) is 0 Å². The molecule has 0 atom stereocenters. The second kappa shape index (κ2) is 12.6. The standard InChI is InChI=1S/C22H34N6O.HI/c1-7-24-22(27(5)14-19-15-28(6)26-20(19)16(2)3)25-12-11-17-9-8-10-18(13-17)21(29)23-4;/h8-10,13,15-16H,7,11-12,14H2,1-6H3,(H,23,29)(H,24,25);1H. The molecule has 0 fully saturated rings. The van der Waals surface area contributed by atoms with E-state index in [1.54, 1.807) is 7.05 Å². The molecule has 1 aromatic carbocycles. The van der Waals surface area contributed by atoms with Gasteiger partial charge in [-0.3, -0.25) is 14.5 Å². The van der Waals surface area contributed by atoms with Crippen LogP contribution in [0.3, 0.4) is 0 Å². The van der Waals surface area contributed by atoms with Gasteiger partial charge < -0.3 is 15.5 Å². The highest BCUT2D eigenvalue weighted by atomic mass is 127. The van der Waals surface area contributed by atoms with E-state index >= 15 is 0 Å². The van der Waals surface area contributed by atoms with E-state index in [0.717, 1.165) is 36.7 Å². The lowest BCUT2D eigenvalue weighted by Crippen LogP contribution is -2.38. The number of nitrogens with zero attached hydrogens (tertiary/aromatic N) is 4. The van der Waals surface area contributed by atoms with Crippen molar-refractivity contribution in [3.8, 4) is 0 Å². The van der Waals surface area contributed by atoms with E-state index in [4.69, 9.17) is 4.99 Å². The summed E-state index contributed by atoms with van der Waals surface area (Å²) in [5, 5.41) is 10.6. The molecule has 0 aliphatic carbocycles. The predicted octanol–water partition coefficient (Wildman–Crippen LogP) is 3.16. The average molecular weight is 526 g/mol. The van der Waals surface area contributed by atoms with E-state index in [0.29, 0.717) is 18.0 Å². The zero-order chi connectivity index (χ0) is 21.4. The number of aryl methyl sites for hydroxylation is 1. The van der Waals surface area contributed by atoms with Crippen LogP contribution in [0, 0.1) is 0 Å². The normalized spacial score (nSPS) is 11.2. The molecule has 1 amide bonds. The van der Waals surface area contributed by atoms with Gasteiger partial charge in [0.1, 0.15) is 0 Å². The van der Waals surface area contributed by atoms with Crippen molar-refractivity contribution in [1.82, 2.24) is 25.3 Å². The molecule has 30 heavy (non-hydrogen) atoms. The molecule has 2 rings (SSSR count). The first-order valence-corrected chi connectivity index (χ1v) is 10.2. The van der Waals surface area contributed by atoms with Crippen molar-refractivity contribution in [2.45, 2.75) is 39.7 Å². The van der Waals surface area contributed by atoms with E-state index in [-0.39, 0.29) is 29.9 Å². The van der Waals surface area contributed by atoms with Crippen LogP contribution in [-0.2, 0) is 20.0 Å². The van der Waals surface area contributed by atoms with Gasteiger partial charge in [-0.1, -0.05) is 26.0 Å². The summed E-state index contributed by atoms with van der Waals surface area (Å²) in [6.07, 6.45) is 2.86. The van der Waals surface area contributed by atoms with Gasteiger partial charge in [0.15, 0.2) is 5.96 Å². The summed E-state index contributed by atoms with van der Waals surface area (Å²) in [5.74, 6) is 1.18. The van der Waals surface area contributed by atoms with Crippen LogP contribution in [0.25, 0.3) is 0 Å². The van der Waals surface area contributed by atoms with Crippen LogP contribution in [-0.4, -0.2) is 53.7 Å². The molecule has 0 saturated carbocycles. The molecule has 1 aromatic heterocycles. The predicted molar refractivity (Wildman–Crippen MR) is 134 cm³/mol. The Kier molecular flexibility index (Phi) is 10.9. The number of benzene rings is 1. The molecule has 0 aliphatic heterocycles. The molecule has 0 saturated heterocycles. The van der Waals surface area contributed by atoms with Crippen molar-refractivity contribution in [2.75, 3.05) is 27.2 Å². The summed E-state index contributed by atoms with van der Waals surface area (Å²) in [5.41, 5.74) is 4.12. The Morgan fingerprint density at radius 1 is 1.33 bits per heavy atom. The summed E-state index contributed by atoms with van der Waals surface area (Å²) < 4.78 is 1.88. The molecule has 0 bridgehead atoms. The maximum absolute atomic E-state index is 11.8. The number of amides is 1. The van der Waals surface area contributed by atoms with Gasteiger partial charge in [0.25, 0.3) is 5.91 Å². The van der Waals surface area contributed by atoms with Gasteiger partial charge in [0, 0.05) is 58.1 Å². The molecule has 7 nitrogen and oxygen atoms in total. The molecule has 166 valence electrons. The van der Waals surface area contributed by atoms with Gasteiger partial charge in [-0.05, 0) is 37.0 Å². The van der Waals surface area contributed by atoms with Gasteiger partial charge in [-0.2, -0.15) is 5.10 Å². The molecule has 2 N–H and O–H groups in total. The van der Waals surface area contributed by atoms with Crippen molar-refractivity contribution >= 4 is 35.8 Å². The van der Waals surface area contributed by atoms with Gasteiger partial charge in [-0.15, -0.1) is 24.0 Å². The van der Waals surface area contributed by atoms with E-state index in [2.05, 4.69) is 47.6 Å². The molecule has 0 radical (unpaired) electrons. The Hall–Kier alpha value is -2.10. The smallest absolute Gasteiger partial charge is 0.251 e. The summed E-state index contributed by atoms with van der Waals surface area (Å²) in [6.45, 7) is 8.60. The highest BCUT2D eigenvalue weighted by Crippen LogP contribution is 2.18. The molecular formula is C22H35IN6O. The van der Waals surface area contributed by atoms with Crippen LogP contribution in [0.2, 0.25) is 0 Å². The third-order valence-corrected chi connectivity index (χ3v) is 4.67. The monoisotopic (exact) mass is 526 g/mol. The van der Waals surface area contributed by atoms with Crippen LogP contribution in [0.1, 0.15) is 53.9 Å². The topological polar surface area (TPSA) is 74.6 Å². The zero-order valence-corrected chi connectivity index (χ0v) is 21.2. The molecule has 2 aromatic rings. The summed E-state index contributed by atoms with van der Waals surface area (Å²) >= 11 is 0. The lowest BCUT2D eigenvalue weighted by atomic mass is 10.1. The van der Waals surface area contributed by atoms with Crippen molar-refractivity contribution in [3.05, 3.63) is 52.8 Å². The number of carbonyl (C=O) groups excluding carboxylic acids is 1.